The summed E-state index contributed by atoms with van der Waals surface area (Å²) in [5.74, 6) is 0. The van der Waals surface area contributed by atoms with Crippen molar-refractivity contribution in [3.8, 4) is 0 Å². The summed E-state index contributed by atoms with van der Waals surface area (Å²) in [6.45, 7) is 5.68. The molecule has 1 fully saturated rings. The molecule has 24 heavy (non-hydrogen) atoms. The van der Waals surface area contributed by atoms with E-state index in [1.807, 2.05) is 18.3 Å². The molecule has 3 heterocycles. The third-order valence-corrected chi connectivity index (χ3v) is 5.22. The Balaban J connectivity index is 2.05. The first-order chi connectivity index (χ1) is 11.5. The number of ether oxygens (including phenoxy) is 1. The van der Waals surface area contributed by atoms with Gasteiger partial charge < -0.3 is 19.5 Å². The topological polar surface area (TPSA) is 42.3 Å². The standard InChI is InChI=1S/C18H24N4OS/c1-12-11-14(13(2)21(12)3)17-16(15-7-5-6-8-19-15)20-18(24)22(17)9-10-23-4/h5-8,11,16-17H,9-10H2,1-4H3,(H,20,24)/t16-,17+/m1/s1. The molecule has 0 radical (unpaired) electrons. The summed E-state index contributed by atoms with van der Waals surface area (Å²) in [5, 5.41) is 4.22. The summed E-state index contributed by atoms with van der Waals surface area (Å²) in [5.41, 5.74) is 4.79. The van der Waals surface area contributed by atoms with Gasteiger partial charge in [-0.05, 0) is 49.8 Å². The molecular weight excluding hydrogens is 320 g/mol. The van der Waals surface area contributed by atoms with Gasteiger partial charge in [0.1, 0.15) is 0 Å². The first-order valence-electron chi connectivity index (χ1n) is 8.14. The van der Waals surface area contributed by atoms with E-state index in [0.29, 0.717) is 6.61 Å². The van der Waals surface area contributed by atoms with Crippen LogP contribution in [-0.4, -0.2) is 39.8 Å². The van der Waals surface area contributed by atoms with Gasteiger partial charge in [0.05, 0.1) is 24.4 Å². The number of pyridine rings is 1. The normalized spacial score (nSPS) is 20.5. The van der Waals surface area contributed by atoms with Crippen LogP contribution in [0.25, 0.3) is 0 Å². The molecular formula is C18H24N4OS. The number of nitrogens with zero attached hydrogens (tertiary/aromatic N) is 3. The van der Waals surface area contributed by atoms with E-state index in [9.17, 15) is 0 Å². The highest BCUT2D eigenvalue weighted by molar-refractivity contribution is 7.80. The van der Waals surface area contributed by atoms with Crippen molar-refractivity contribution in [2.45, 2.75) is 25.9 Å². The highest BCUT2D eigenvalue weighted by atomic mass is 32.1. The fraction of sp³-hybridized carbons (Fsp3) is 0.444. The minimum absolute atomic E-state index is 0.0380. The van der Waals surface area contributed by atoms with Crippen LogP contribution >= 0.6 is 12.2 Å². The van der Waals surface area contributed by atoms with Crippen molar-refractivity contribution in [3.05, 3.63) is 53.1 Å². The molecule has 5 nitrogen and oxygen atoms in total. The van der Waals surface area contributed by atoms with Crippen molar-refractivity contribution < 1.29 is 4.74 Å². The molecule has 6 heteroatoms. The Labute approximate surface area is 148 Å². The second-order valence-electron chi connectivity index (χ2n) is 6.20. The Morgan fingerprint density at radius 1 is 1.33 bits per heavy atom. The number of hydrogen-bond acceptors (Lipinski definition) is 3. The minimum Gasteiger partial charge on any atom is -0.383 e. The molecule has 0 unspecified atom stereocenters. The average Bonchev–Trinajstić information content (AvgIpc) is 3.05. The fourth-order valence-electron chi connectivity index (χ4n) is 3.36. The monoisotopic (exact) mass is 344 g/mol. The minimum atomic E-state index is 0.0380. The second kappa shape index (κ2) is 6.91. The van der Waals surface area contributed by atoms with Crippen LogP contribution in [0.5, 0.6) is 0 Å². The Morgan fingerprint density at radius 2 is 2.12 bits per heavy atom. The average molecular weight is 344 g/mol. The van der Waals surface area contributed by atoms with Gasteiger partial charge in [0, 0.05) is 38.3 Å². The van der Waals surface area contributed by atoms with Gasteiger partial charge in [-0.25, -0.2) is 0 Å². The maximum Gasteiger partial charge on any atom is 0.170 e. The van der Waals surface area contributed by atoms with Gasteiger partial charge in [-0.1, -0.05) is 6.07 Å². The predicted molar refractivity (Wildman–Crippen MR) is 98.9 cm³/mol. The van der Waals surface area contributed by atoms with Gasteiger partial charge in [-0.15, -0.1) is 0 Å². The second-order valence-corrected chi connectivity index (χ2v) is 6.58. The number of aryl methyl sites for hydroxylation is 1. The largest absolute Gasteiger partial charge is 0.383 e. The summed E-state index contributed by atoms with van der Waals surface area (Å²) < 4.78 is 7.51. The van der Waals surface area contributed by atoms with E-state index in [-0.39, 0.29) is 12.1 Å². The van der Waals surface area contributed by atoms with Gasteiger partial charge in [0.2, 0.25) is 0 Å². The lowest BCUT2D eigenvalue weighted by Gasteiger charge is -2.27. The van der Waals surface area contributed by atoms with Crippen molar-refractivity contribution in [2.24, 2.45) is 7.05 Å². The number of nitrogens with one attached hydrogen (secondary N) is 1. The van der Waals surface area contributed by atoms with E-state index in [0.717, 1.165) is 17.4 Å². The lowest BCUT2D eigenvalue weighted by molar-refractivity contribution is 0.164. The number of thiocarbonyl (C=S) groups is 1. The zero-order valence-corrected chi connectivity index (χ0v) is 15.4. The summed E-state index contributed by atoms with van der Waals surface area (Å²) in [4.78, 5) is 6.78. The molecule has 0 aliphatic carbocycles. The first-order valence-corrected chi connectivity index (χ1v) is 8.55. The zero-order valence-electron chi connectivity index (χ0n) is 14.6. The van der Waals surface area contributed by atoms with E-state index >= 15 is 0 Å². The smallest absolute Gasteiger partial charge is 0.170 e. The molecule has 0 bridgehead atoms. The maximum atomic E-state index is 5.62. The van der Waals surface area contributed by atoms with Gasteiger partial charge in [0.15, 0.2) is 5.11 Å². The van der Waals surface area contributed by atoms with Crippen LogP contribution < -0.4 is 5.32 Å². The van der Waals surface area contributed by atoms with E-state index in [4.69, 9.17) is 17.0 Å². The number of rotatable bonds is 5. The van der Waals surface area contributed by atoms with Crippen LogP contribution in [0.15, 0.2) is 30.5 Å². The van der Waals surface area contributed by atoms with Crippen LogP contribution in [0, 0.1) is 13.8 Å². The van der Waals surface area contributed by atoms with Crippen LogP contribution in [-0.2, 0) is 11.8 Å². The Morgan fingerprint density at radius 3 is 2.71 bits per heavy atom. The number of hydrogen-bond donors (Lipinski definition) is 1. The van der Waals surface area contributed by atoms with Gasteiger partial charge in [-0.2, -0.15) is 0 Å². The summed E-state index contributed by atoms with van der Waals surface area (Å²) in [6.07, 6.45) is 1.83. The predicted octanol–water partition coefficient (Wildman–Crippen LogP) is 2.66. The van der Waals surface area contributed by atoms with Crippen LogP contribution in [0.3, 0.4) is 0 Å². The van der Waals surface area contributed by atoms with Gasteiger partial charge in [0.25, 0.3) is 0 Å². The molecule has 2 aromatic rings. The lowest BCUT2D eigenvalue weighted by atomic mass is 9.97. The summed E-state index contributed by atoms with van der Waals surface area (Å²) in [6, 6.07) is 8.42. The molecule has 3 rings (SSSR count). The fourth-order valence-corrected chi connectivity index (χ4v) is 3.69. The van der Waals surface area contributed by atoms with Crippen molar-refractivity contribution in [3.63, 3.8) is 0 Å². The summed E-state index contributed by atoms with van der Waals surface area (Å²) in [7, 11) is 3.82. The molecule has 2 atom stereocenters. The van der Waals surface area contributed by atoms with Crippen LogP contribution in [0.2, 0.25) is 0 Å². The molecule has 1 N–H and O–H groups in total. The van der Waals surface area contributed by atoms with Crippen molar-refractivity contribution in [1.29, 1.82) is 0 Å². The Bertz CT molecular complexity index is 728. The van der Waals surface area contributed by atoms with Crippen LogP contribution in [0.1, 0.15) is 34.7 Å². The molecule has 0 spiro atoms. The van der Waals surface area contributed by atoms with E-state index in [1.165, 1.54) is 17.0 Å². The highest BCUT2D eigenvalue weighted by Gasteiger charge is 2.40. The van der Waals surface area contributed by atoms with E-state index < -0.39 is 0 Å². The maximum absolute atomic E-state index is 5.62. The molecule has 0 saturated carbocycles. The summed E-state index contributed by atoms with van der Waals surface area (Å²) >= 11 is 5.62. The van der Waals surface area contributed by atoms with Crippen molar-refractivity contribution >= 4 is 17.3 Å². The lowest BCUT2D eigenvalue weighted by Crippen LogP contribution is -2.32. The molecule has 1 aliphatic rings. The third-order valence-electron chi connectivity index (χ3n) is 4.87. The molecule has 0 amide bonds. The SMILES string of the molecule is COCCN1C(=S)N[C@H](c2ccccn2)[C@@H]1c1cc(C)n(C)c1C. The highest BCUT2D eigenvalue weighted by Crippen LogP contribution is 2.40. The van der Waals surface area contributed by atoms with E-state index in [1.54, 1.807) is 7.11 Å². The molecule has 1 saturated heterocycles. The molecule has 128 valence electrons. The van der Waals surface area contributed by atoms with Gasteiger partial charge >= 0.3 is 0 Å². The molecule has 2 aromatic heterocycles. The quantitative estimate of drug-likeness (QED) is 0.845. The van der Waals surface area contributed by atoms with Crippen molar-refractivity contribution in [1.82, 2.24) is 19.8 Å². The Hall–Kier alpha value is -1.92. The Kier molecular flexibility index (Phi) is 4.87. The van der Waals surface area contributed by atoms with Gasteiger partial charge in [-0.3, -0.25) is 4.98 Å². The molecule has 1 aliphatic heterocycles. The molecule has 0 aromatic carbocycles. The van der Waals surface area contributed by atoms with Crippen LogP contribution in [0.4, 0.5) is 0 Å². The number of aromatic nitrogens is 2. The third kappa shape index (κ3) is 2.91. The van der Waals surface area contributed by atoms with Crippen molar-refractivity contribution in [2.75, 3.05) is 20.3 Å². The first kappa shape index (κ1) is 16.9. The van der Waals surface area contributed by atoms with E-state index in [2.05, 4.69) is 52.8 Å². The number of methoxy groups -OCH3 is 1. The zero-order chi connectivity index (χ0) is 17.3.